The minimum absolute atomic E-state index is 0.326. The van der Waals surface area contributed by atoms with Crippen LogP contribution in [0.1, 0.15) is 17.7 Å². The maximum Gasteiger partial charge on any atom is 0.315 e. The van der Waals surface area contributed by atoms with Gasteiger partial charge in [-0.15, -0.1) is 5.10 Å². The first kappa shape index (κ1) is 14.8. The number of benzene rings is 1. The Labute approximate surface area is 148 Å². The molecule has 0 saturated carbocycles. The molecule has 0 bridgehead atoms. The molecular weight excluding hydrogens is 334 g/mol. The molecule has 0 saturated heterocycles. The summed E-state index contributed by atoms with van der Waals surface area (Å²) in [7, 11) is 0. The van der Waals surface area contributed by atoms with Gasteiger partial charge in [-0.2, -0.15) is 0 Å². The molecule has 0 spiro atoms. The molecule has 4 aromatic rings. The molecule has 0 aliphatic carbocycles. The molecule has 5 rings (SSSR count). The zero-order valence-electron chi connectivity index (χ0n) is 13.7. The van der Waals surface area contributed by atoms with Crippen LogP contribution in [0.5, 0.6) is 11.5 Å². The van der Waals surface area contributed by atoms with Crippen molar-refractivity contribution in [2.75, 3.05) is 11.9 Å². The Morgan fingerprint density at radius 2 is 2.00 bits per heavy atom. The Kier molecular flexibility index (Phi) is 3.45. The van der Waals surface area contributed by atoms with E-state index in [0.29, 0.717) is 30.8 Å². The van der Waals surface area contributed by atoms with Gasteiger partial charge in [-0.25, -0.2) is 4.98 Å². The predicted molar refractivity (Wildman–Crippen MR) is 92.1 cm³/mol. The maximum atomic E-state index is 5.88. The number of nitrogens with one attached hydrogen (secondary N) is 1. The van der Waals surface area contributed by atoms with E-state index in [-0.39, 0.29) is 0 Å². The fourth-order valence-corrected chi connectivity index (χ4v) is 2.89. The van der Waals surface area contributed by atoms with E-state index < -0.39 is 6.10 Å². The van der Waals surface area contributed by atoms with Crippen LogP contribution in [-0.4, -0.2) is 26.2 Å². The van der Waals surface area contributed by atoms with Crippen LogP contribution in [-0.2, 0) is 6.54 Å². The minimum Gasteiger partial charge on any atom is -0.485 e. The summed E-state index contributed by atoms with van der Waals surface area (Å²) in [5, 5.41) is 11.3. The molecule has 26 heavy (non-hydrogen) atoms. The number of imidazole rings is 1. The van der Waals surface area contributed by atoms with Gasteiger partial charge in [0.25, 0.3) is 5.89 Å². The summed E-state index contributed by atoms with van der Waals surface area (Å²) < 4.78 is 19.3. The lowest BCUT2D eigenvalue weighted by molar-refractivity contribution is 0.0717. The number of aromatic nitrogens is 4. The van der Waals surface area contributed by atoms with Gasteiger partial charge in [0.15, 0.2) is 11.5 Å². The SMILES string of the molecule is c1ccc2c(c1)OCC(c1nnc(NCc3cccc4nccn34)o1)O2. The van der Waals surface area contributed by atoms with E-state index in [1.165, 1.54) is 0 Å². The van der Waals surface area contributed by atoms with Crippen LogP contribution < -0.4 is 14.8 Å². The summed E-state index contributed by atoms with van der Waals surface area (Å²) >= 11 is 0. The van der Waals surface area contributed by atoms with Crippen molar-refractivity contribution in [3.05, 3.63) is 66.4 Å². The lowest BCUT2D eigenvalue weighted by Crippen LogP contribution is -2.21. The molecule has 8 heteroatoms. The van der Waals surface area contributed by atoms with Gasteiger partial charge in [-0.1, -0.05) is 23.3 Å². The monoisotopic (exact) mass is 349 g/mol. The number of ether oxygens (including phenoxy) is 2. The second-order valence-corrected chi connectivity index (χ2v) is 5.84. The Balaban J connectivity index is 1.29. The summed E-state index contributed by atoms with van der Waals surface area (Å²) in [5.74, 6) is 1.76. The standard InChI is InChI=1S/C18H15N5O3/c1-2-6-14-13(5-1)24-11-15(25-14)17-21-22-18(26-17)20-10-12-4-3-7-16-19-8-9-23(12)16/h1-9,15H,10-11H2,(H,20,22). The van der Waals surface area contributed by atoms with Crippen molar-refractivity contribution in [1.29, 1.82) is 0 Å². The van der Waals surface area contributed by atoms with Crippen LogP contribution in [0.4, 0.5) is 6.01 Å². The maximum absolute atomic E-state index is 5.88. The number of hydrogen-bond acceptors (Lipinski definition) is 7. The van der Waals surface area contributed by atoms with E-state index in [2.05, 4.69) is 20.5 Å². The molecule has 130 valence electrons. The van der Waals surface area contributed by atoms with Gasteiger partial charge in [0.05, 0.1) is 6.54 Å². The van der Waals surface area contributed by atoms with Crippen LogP contribution >= 0.6 is 0 Å². The highest BCUT2D eigenvalue weighted by molar-refractivity contribution is 5.41. The van der Waals surface area contributed by atoms with E-state index in [1.807, 2.05) is 53.1 Å². The Hall–Kier alpha value is -3.55. The van der Waals surface area contributed by atoms with Crippen LogP contribution in [0, 0.1) is 0 Å². The minimum atomic E-state index is -0.426. The highest BCUT2D eigenvalue weighted by atomic mass is 16.6. The lowest BCUT2D eigenvalue weighted by atomic mass is 10.2. The third kappa shape index (κ3) is 2.61. The molecule has 4 heterocycles. The summed E-state index contributed by atoms with van der Waals surface area (Å²) in [4.78, 5) is 4.27. The molecule has 0 fully saturated rings. The van der Waals surface area contributed by atoms with Crippen LogP contribution in [0.2, 0.25) is 0 Å². The molecule has 1 N–H and O–H groups in total. The molecule has 1 aliphatic heterocycles. The molecule has 3 aromatic heterocycles. The quantitative estimate of drug-likeness (QED) is 0.606. The normalized spacial score (nSPS) is 15.9. The van der Waals surface area contributed by atoms with Crippen LogP contribution in [0.15, 0.2) is 59.3 Å². The van der Waals surface area contributed by atoms with Crippen molar-refractivity contribution in [2.24, 2.45) is 0 Å². The number of rotatable bonds is 4. The van der Waals surface area contributed by atoms with Crippen molar-refractivity contribution in [1.82, 2.24) is 19.6 Å². The topological polar surface area (TPSA) is 86.7 Å². The van der Waals surface area contributed by atoms with Crippen molar-refractivity contribution >= 4 is 11.7 Å². The Morgan fingerprint density at radius 3 is 2.96 bits per heavy atom. The smallest absolute Gasteiger partial charge is 0.315 e. The van der Waals surface area contributed by atoms with E-state index in [4.69, 9.17) is 13.9 Å². The van der Waals surface area contributed by atoms with Gasteiger partial charge >= 0.3 is 6.01 Å². The van der Waals surface area contributed by atoms with E-state index in [1.54, 1.807) is 6.20 Å². The third-order valence-electron chi connectivity index (χ3n) is 4.16. The number of hydrogen-bond donors (Lipinski definition) is 1. The molecule has 8 nitrogen and oxygen atoms in total. The Bertz CT molecular complexity index is 1060. The van der Waals surface area contributed by atoms with Crippen molar-refractivity contribution < 1.29 is 13.9 Å². The second-order valence-electron chi connectivity index (χ2n) is 5.84. The average Bonchev–Trinajstić information content (AvgIpc) is 3.35. The molecular formula is C18H15N5O3. The first-order valence-electron chi connectivity index (χ1n) is 8.23. The van der Waals surface area contributed by atoms with E-state index in [0.717, 1.165) is 17.1 Å². The third-order valence-corrected chi connectivity index (χ3v) is 4.16. The highest BCUT2D eigenvalue weighted by Gasteiger charge is 2.27. The molecule has 1 atom stereocenters. The van der Waals surface area contributed by atoms with Crippen molar-refractivity contribution in [2.45, 2.75) is 12.6 Å². The molecule has 0 radical (unpaired) electrons. The number of nitrogens with zero attached hydrogens (tertiary/aromatic N) is 4. The van der Waals surface area contributed by atoms with Gasteiger partial charge in [-0.3, -0.25) is 0 Å². The largest absolute Gasteiger partial charge is 0.485 e. The van der Waals surface area contributed by atoms with Crippen LogP contribution in [0.25, 0.3) is 5.65 Å². The zero-order valence-corrected chi connectivity index (χ0v) is 13.7. The zero-order chi connectivity index (χ0) is 17.3. The van der Waals surface area contributed by atoms with Gasteiger partial charge in [0.1, 0.15) is 12.3 Å². The van der Waals surface area contributed by atoms with E-state index >= 15 is 0 Å². The number of fused-ring (bicyclic) bond motifs is 2. The molecule has 1 unspecified atom stereocenters. The van der Waals surface area contributed by atoms with E-state index in [9.17, 15) is 0 Å². The molecule has 1 aromatic carbocycles. The van der Waals surface area contributed by atoms with Crippen LogP contribution in [0.3, 0.4) is 0 Å². The molecule has 0 amide bonds. The van der Waals surface area contributed by atoms with Gasteiger partial charge < -0.3 is 23.6 Å². The summed E-state index contributed by atoms with van der Waals surface area (Å²) in [6.07, 6.45) is 3.25. The first-order chi connectivity index (χ1) is 12.9. The number of para-hydroxylation sites is 2. The summed E-state index contributed by atoms with van der Waals surface area (Å²) in [5.41, 5.74) is 1.92. The second kappa shape index (κ2) is 6.07. The fraction of sp³-hybridized carbons (Fsp3) is 0.167. The Morgan fingerprint density at radius 1 is 1.08 bits per heavy atom. The fourth-order valence-electron chi connectivity index (χ4n) is 2.89. The lowest BCUT2D eigenvalue weighted by Gasteiger charge is -2.23. The van der Waals surface area contributed by atoms with Gasteiger partial charge in [0, 0.05) is 18.1 Å². The number of pyridine rings is 1. The first-order valence-corrected chi connectivity index (χ1v) is 8.23. The molecule has 1 aliphatic rings. The average molecular weight is 349 g/mol. The number of anilines is 1. The van der Waals surface area contributed by atoms with Gasteiger partial charge in [0.2, 0.25) is 6.10 Å². The van der Waals surface area contributed by atoms with Crippen molar-refractivity contribution in [3.8, 4) is 11.5 Å². The predicted octanol–water partition coefficient (Wildman–Crippen LogP) is 2.84. The highest BCUT2D eigenvalue weighted by Crippen LogP contribution is 2.35. The van der Waals surface area contributed by atoms with Gasteiger partial charge in [-0.05, 0) is 24.3 Å². The summed E-state index contributed by atoms with van der Waals surface area (Å²) in [6, 6.07) is 13.8. The van der Waals surface area contributed by atoms with Crippen molar-refractivity contribution in [3.63, 3.8) is 0 Å². The summed E-state index contributed by atoms with van der Waals surface area (Å²) in [6.45, 7) is 0.854.